The fraction of sp³-hybridized carbons (Fsp3) is 0.267. The minimum atomic E-state index is -0.932. The molecule has 1 atom stereocenters. The number of nitrogens with one attached hydrogen (secondary N) is 3. The Morgan fingerprint density at radius 1 is 0.949 bits per heavy atom. The van der Waals surface area contributed by atoms with Crippen LogP contribution in [-0.2, 0) is 27.2 Å². The predicted octanol–water partition coefficient (Wildman–Crippen LogP) is 4.55. The van der Waals surface area contributed by atoms with E-state index in [0.717, 1.165) is 28.8 Å². The molecule has 0 aromatic heterocycles. The Hall–Kier alpha value is -4.66. The summed E-state index contributed by atoms with van der Waals surface area (Å²) < 4.78 is 0. The number of nitrogens with zero attached hydrogens (tertiary/aromatic N) is 1. The van der Waals surface area contributed by atoms with E-state index in [1.54, 1.807) is 23.1 Å². The fourth-order valence-corrected chi connectivity index (χ4v) is 4.64. The number of amides is 3. The number of para-hydroxylation sites is 1. The number of urea groups is 1. The quantitative estimate of drug-likeness (QED) is 0.289. The van der Waals surface area contributed by atoms with Crippen LogP contribution in [0.15, 0.2) is 72.8 Å². The average Bonchev–Trinajstić information content (AvgIpc) is 3.35. The minimum Gasteiger partial charge on any atom is -0.481 e. The van der Waals surface area contributed by atoms with Crippen molar-refractivity contribution in [3.63, 3.8) is 0 Å². The molecule has 0 bridgehead atoms. The first kappa shape index (κ1) is 27.4. The number of Topliss-reactive ketones (excluding diaryl/α,β-unsaturated/α-hetero) is 1. The Labute approximate surface area is 227 Å². The molecule has 0 saturated heterocycles. The van der Waals surface area contributed by atoms with E-state index in [4.69, 9.17) is 5.11 Å². The molecule has 4 rings (SSSR count). The maximum absolute atomic E-state index is 12.8. The van der Waals surface area contributed by atoms with Gasteiger partial charge in [-0.1, -0.05) is 42.5 Å². The topological polar surface area (TPSA) is 128 Å². The molecule has 0 saturated carbocycles. The number of ketones is 1. The molecule has 0 fully saturated rings. The first-order valence-corrected chi connectivity index (χ1v) is 12.9. The molecule has 9 heteroatoms. The van der Waals surface area contributed by atoms with Crippen LogP contribution in [0.5, 0.6) is 0 Å². The lowest BCUT2D eigenvalue weighted by Gasteiger charge is -2.19. The minimum absolute atomic E-state index is 0.0184. The summed E-state index contributed by atoms with van der Waals surface area (Å²) in [6.45, 7) is 2.14. The van der Waals surface area contributed by atoms with E-state index in [1.165, 1.54) is 6.92 Å². The summed E-state index contributed by atoms with van der Waals surface area (Å²) in [5, 5.41) is 17.8. The maximum Gasteiger partial charge on any atom is 0.326 e. The van der Waals surface area contributed by atoms with Crippen molar-refractivity contribution in [3.05, 3.63) is 89.5 Å². The summed E-state index contributed by atoms with van der Waals surface area (Å²) >= 11 is 0. The number of carboxylic acid groups (broad SMARTS) is 1. The average molecular weight is 529 g/mol. The molecule has 3 aromatic carbocycles. The van der Waals surface area contributed by atoms with Crippen molar-refractivity contribution in [2.75, 3.05) is 28.6 Å². The number of carboxylic acids is 1. The zero-order chi connectivity index (χ0) is 27.8. The molecule has 3 aromatic rings. The van der Waals surface area contributed by atoms with Gasteiger partial charge >= 0.3 is 12.0 Å². The van der Waals surface area contributed by atoms with E-state index >= 15 is 0 Å². The van der Waals surface area contributed by atoms with Gasteiger partial charge in [-0.25, -0.2) is 4.79 Å². The van der Waals surface area contributed by atoms with Crippen LogP contribution in [-0.4, -0.2) is 41.9 Å². The van der Waals surface area contributed by atoms with E-state index < -0.39 is 12.0 Å². The van der Waals surface area contributed by atoms with E-state index in [9.17, 15) is 19.2 Å². The SMILES string of the molecule is CC(=O)NC(CCC(=O)O)c1cccc(NCC(=O)Cc2ccc(NC(=O)N3CCc4ccccc43)cc2)c1. The smallest absolute Gasteiger partial charge is 0.326 e. The van der Waals surface area contributed by atoms with Gasteiger partial charge in [0, 0.05) is 43.4 Å². The number of hydrogen-bond donors (Lipinski definition) is 4. The van der Waals surface area contributed by atoms with E-state index in [1.807, 2.05) is 54.6 Å². The fourth-order valence-electron chi connectivity index (χ4n) is 4.64. The molecule has 39 heavy (non-hydrogen) atoms. The Balaban J connectivity index is 1.28. The molecule has 1 heterocycles. The van der Waals surface area contributed by atoms with Crippen LogP contribution in [0, 0.1) is 0 Å². The van der Waals surface area contributed by atoms with Gasteiger partial charge in [-0.15, -0.1) is 0 Å². The number of hydrogen-bond acceptors (Lipinski definition) is 5. The normalized spacial score (nSPS) is 12.8. The van der Waals surface area contributed by atoms with Crippen molar-refractivity contribution in [2.24, 2.45) is 0 Å². The van der Waals surface area contributed by atoms with Gasteiger partial charge in [0.25, 0.3) is 0 Å². The highest BCUT2D eigenvalue weighted by atomic mass is 16.4. The van der Waals surface area contributed by atoms with Gasteiger partial charge in [0.2, 0.25) is 5.91 Å². The Bertz CT molecular complexity index is 1360. The van der Waals surface area contributed by atoms with Gasteiger partial charge in [0.1, 0.15) is 0 Å². The highest BCUT2D eigenvalue weighted by Gasteiger charge is 2.24. The summed E-state index contributed by atoms with van der Waals surface area (Å²) in [5.41, 5.74) is 5.05. The molecule has 4 N–H and O–H groups in total. The van der Waals surface area contributed by atoms with Gasteiger partial charge in [0.15, 0.2) is 5.78 Å². The van der Waals surface area contributed by atoms with Crippen molar-refractivity contribution in [1.82, 2.24) is 5.32 Å². The van der Waals surface area contributed by atoms with Crippen molar-refractivity contribution in [1.29, 1.82) is 0 Å². The number of fused-ring (bicyclic) bond motifs is 1. The molecule has 3 amide bonds. The molecule has 0 radical (unpaired) electrons. The second-order valence-corrected chi connectivity index (χ2v) is 9.54. The van der Waals surface area contributed by atoms with Crippen molar-refractivity contribution >= 4 is 40.8 Å². The number of carbonyl (C=O) groups excluding carboxylic acids is 3. The molecule has 0 spiro atoms. The zero-order valence-electron chi connectivity index (χ0n) is 21.8. The van der Waals surface area contributed by atoms with Crippen LogP contribution >= 0.6 is 0 Å². The van der Waals surface area contributed by atoms with Crippen molar-refractivity contribution in [2.45, 2.75) is 38.6 Å². The summed E-state index contributed by atoms with van der Waals surface area (Å²) in [4.78, 5) is 49.7. The highest BCUT2D eigenvalue weighted by Crippen LogP contribution is 2.28. The third kappa shape index (κ3) is 7.67. The lowest BCUT2D eigenvalue weighted by Crippen LogP contribution is -2.33. The monoisotopic (exact) mass is 528 g/mol. The van der Waals surface area contributed by atoms with E-state index in [-0.39, 0.29) is 43.5 Å². The van der Waals surface area contributed by atoms with Gasteiger partial charge < -0.3 is 21.1 Å². The van der Waals surface area contributed by atoms with Crippen molar-refractivity contribution in [3.8, 4) is 0 Å². The summed E-state index contributed by atoms with van der Waals surface area (Å²) in [5.74, 6) is -1.20. The van der Waals surface area contributed by atoms with Crippen molar-refractivity contribution < 1.29 is 24.3 Å². The van der Waals surface area contributed by atoms with Crippen LogP contribution < -0.4 is 20.9 Å². The maximum atomic E-state index is 12.8. The van der Waals surface area contributed by atoms with Gasteiger partial charge in [-0.2, -0.15) is 0 Å². The van der Waals surface area contributed by atoms with Crippen LogP contribution in [0.2, 0.25) is 0 Å². The first-order chi connectivity index (χ1) is 18.8. The second kappa shape index (κ2) is 12.7. The predicted molar refractivity (Wildman–Crippen MR) is 150 cm³/mol. The number of anilines is 3. The standard InChI is InChI=1S/C30H32N4O5/c1-20(35)32-27(13-14-29(37)38)23-6-4-7-25(18-23)31-19-26(36)17-21-9-11-24(12-10-21)33-30(39)34-16-15-22-5-2-3-8-28(22)34/h2-12,18,27,31H,13-17,19H2,1H3,(H,32,35)(H,33,39)(H,37,38). The molecule has 202 valence electrons. The summed E-state index contributed by atoms with van der Waals surface area (Å²) in [6, 6.07) is 21.7. The lowest BCUT2D eigenvalue weighted by atomic mass is 10.0. The second-order valence-electron chi connectivity index (χ2n) is 9.54. The third-order valence-electron chi connectivity index (χ3n) is 6.54. The van der Waals surface area contributed by atoms with Gasteiger partial charge in [-0.3, -0.25) is 19.3 Å². The van der Waals surface area contributed by atoms with E-state index in [2.05, 4.69) is 16.0 Å². The molecule has 0 aliphatic carbocycles. The van der Waals surface area contributed by atoms with Crippen LogP contribution in [0.4, 0.5) is 21.9 Å². The van der Waals surface area contributed by atoms with Gasteiger partial charge in [0.05, 0.1) is 12.6 Å². The third-order valence-corrected chi connectivity index (χ3v) is 6.54. The molecule has 1 aliphatic rings. The first-order valence-electron chi connectivity index (χ1n) is 12.9. The number of rotatable bonds is 11. The Morgan fingerprint density at radius 2 is 1.72 bits per heavy atom. The largest absolute Gasteiger partial charge is 0.481 e. The van der Waals surface area contributed by atoms with Gasteiger partial charge in [-0.05, 0) is 59.9 Å². The molecule has 1 aliphatic heterocycles. The Kier molecular flexibility index (Phi) is 8.94. The Morgan fingerprint density at radius 3 is 2.46 bits per heavy atom. The molecular formula is C30H32N4O5. The summed E-state index contributed by atoms with van der Waals surface area (Å²) in [7, 11) is 0. The zero-order valence-corrected chi connectivity index (χ0v) is 21.8. The lowest BCUT2D eigenvalue weighted by molar-refractivity contribution is -0.137. The van der Waals surface area contributed by atoms with Crippen LogP contribution in [0.1, 0.15) is 42.5 Å². The van der Waals surface area contributed by atoms with Crippen LogP contribution in [0.25, 0.3) is 0 Å². The molecule has 1 unspecified atom stereocenters. The van der Waals surface area contributed by atoms with E-state index in [0.29, 0.717) is 17.9 Å². The number of carbonyl (C=O) groups is 4. The number of aliphatic carboxylic acids is 1. The van der Waals surface area contributed by atoms with Crippen LogP contribution in [0.3, 0.4) is 0 Å². The highest BCUT2D eigenvalue weighted by molar-refractivity contribution is 6.03. The number of benzene rings is 3. The summed E-state index contributed by atoms with van der Waals surface area (Å²) in [6.07, 6.45) is 1.26. The molecular weight excluding hydrogens is 496 g/mol. The molecule has 9 nitrogen and oxygen atoms in total.